The van der Waals surface area contributed by atoms with Gasteiger partial charge in [0, 0.05) is 19.0 Å². The highest BCUT2D eigenvalue weighted by Gasteiger charge is 2.02. The summed E-state index contributed by atoms with van der Waals surface area (Å²) in [6.07, 6.45) is 4.21. The van der Waals surface area contributed by atoms with E-state index < -0.39 is 6.10 Å². The monoisotopic (exact) mass is 216 g/mol. The summed E-state index contributed by atoms with van der Waals surface area (Å²) < 4.78 is 1.78. The highest BCUT2D eigenvalue weighted by molar-refractivity contribution is 7.99. The van der Waals surface area contributed by atoms with E-state index in [-0.39, 0.29) is 6.61 Å². The van der Waals surface area contributed by atoms with Gasteiger partial charge in [0.05, 0.1) is 18.9 Å². The molecule has 4 nitrogen and oxygen atoms in total. The van der Waals surface area contributed by atoms with Gasteiger partial charge in [-0.2, -0.15) is 16.9 Å². The van der Waals surface area contributed by atoms with E-state index in [1.165, 1.54) is 5.56 Å². The highest BCUT2D eigenvalue weighted by Crippen LogP contribution is 2.07. The van der Waals surface area contributed by atoms with E-state index in [4.69, 9.17) is 10.2 Å². The van der Waals surface area contributed by atoms with Crippen molar-refractivity contribution in [3.05, 3.63) is 18.0 Å². The molecule has 0 radical (unpaired) electrons. The first-order chi connectivity index (χ1) is 6.72. The zero-order valence-electron chi connectivity index (χ0n) is 8.26. The van der Waals surface area contributed by atoms with Crippen LogP contribution in [0.2, 0.25) is 0 Å². The van der Waals surface area contributed by atoms with Gasteiger partial charge in [-0.25, -0.2) is 0 Å². The molecule has 1 unspecified atom stereocenters. The molecule has 0 saturated heterocycles. The van der Waals surface area contributed by atoms with Crippen LogP contribution in [0.1, 0.15) is 5.56 Å². The van der Waals surface area contributed by atoms with Gasteiger partial charge in [0.15, 0.2) is 0 Å². The van der Waals surface area contributed by atoms with Crippen molar-refractivity contribution in [1.29, 1.82) is 0 Å². The Morgan fingerprint density at radius 3 is 3.00 bits per heavy atom. The van der Waals surface area contributed by atoms with Crippen LogP contribution in [0.3, 0.4) is 0 Å². The molecule has 0 amide bonds. The maximum atomic E-state index is 9.07. The number of rotatable bonds is 6. The fraction of sp³-hybridized carbons (Fsp3) is 0.667. The third-order valence-corrected chi connectivity index (χ3v) is 2.93. The summed E-state index contributed by atoms with van der Waals surface area (Å²) in [5.41, 5.74) is 1.21. The predicted octanol–water partition coefficient (Wildman–Crippen LogP) is 0.0490. The number of aliphatic hydroxyl groups is 2. The van der Waals surface area contributed by atoms with Gasteiger partial charge in [-0.1, -0.05) is 0 Å². The Labute approximate surface area is 87.9 Å². The summed E-state index contributed by atoms with van der Waals surface area (Å²) in [6.45, 7) is -0.153. The van der Waals surface area contributed by atoms with Crippen LogP contribution in [0.15, 0.2) is 12.4 Å². The largest absolute Gasteiger partial charge is 0.394 e. The molecule has 0 bridgehead atoms. The molecule has 80 valence electrons. The van der Waals surface area contributed by atoms with E-state index in [9.17, 15) is 0 Å². The fourth-order valence-corrected chi connectivity index (χ4v) is 1.99. The van der Waals surface area contributed by atoms with E-state index in [0.29, 0.717) is 5.75 Å². The fourth-order valence-electron chi connectivity index (χ4n) is 1.06. The van der Waals surface area contributed by atoms with Crippen LogP contribution in [0.5, 0.6) is 0 Å². The van der Waals surface area contributed by atoms with E-state index in [0.717, 1.165) is 12.2 Å². The van der Waals surface area contributed by atoms with Gasteiger partial charge in [0.1, 0.15) is 0 Å². The van der Waals surface area contributed by atoms with Gasteiger partial charge < -0.3 is 10.2 Å². The molecule has 1 aromatic heterocycles. The Morgan fingerprint density at radius 1 is 1.64 bits per heavy atom. The van der Waals surface area contributed by atoms with Crippen molar-refractivity contribution in [2.45, 2.75) is 12.5 Å². The van der Waals surface area contributed by atoms with Crippen LogP contribution in [0.4, 0.5) is 0 Å². The third-order valence-electron chi connectivity index (χ3n) is 1.81. The quantitative estimate of drug-likeness (QED) is 0.660. The van der Waals surface area contributed by atoms with Gasteiger partial charge in [-0.05, 0) is 17.7 Å². The second-order valence-corrected chi connectivity index (χ2v) is 4.33. The SMILES string of the molecule is Cn1cc(CCSCC(O)CO)cn1. The van der Waals surface area contributed by atoms with Crippen molar-refractivity contribution in [3.8, 4) is 0 Å². The molecule has 1 aromatic rings. The lowest BCUT2D eigenvalue weighted by molar-refractivity contribution is 0.113. The average Bonchev–Trinajstić information content (AvgIpc) is 2.58. The number of aromatic nitrogens is 2. The number of aryl methyl sites for hydroxylation is 2. The van der Waals surface area contributed by atoms with E-state index in [1.54, 1.807) is 16.4 Å². The van der Waals surface area contributed by atoms with E-state index in [1.807, 2.05) is 19.4 Å². The molecule has 0 aliphatic carbocycles. The molecule has 0 saturated carbocycles. The van der Waals surface area contributed by atoms with Crippen LogP contribution < -0.4 is 0 Å². The van der Waals surface area contributed by atoms with Gasteiger partial charge in [-0.15, -0.1) is 0 Å². The first-order valence-corrected chi connectivity index (χ1v) is 5.72. The van der Waals surface area contributed by atoms with Crippen molar-refractivity contribution >= 4 is 11.8 Å². The molecular formula is C9H16N2O2S. The van der Waals surface area contributed by atoms with Gasteiger partial charge in [-0.3, -0.25) is 4.68 Å². The Bertz CT molecular complexity index is 265. The van der Waals surface area contributed by atoms with Gasteiger partial charge >= 0.3 is 0 Å². The maximum Gasteiger partial charge on any atom is 0.0861 e. The number of aliphatic hydroxyl groups excluding tert-OH is 2. The minimum atomic E-state index is -0.589. The number of hydrogen-bond acceptors (Lipinski definition) is 4. The zero-order chi connectivity index (χ0) is 10.4. The van der Waals surface area contributed by atoms with E-state index in [2.05, 4.69) is 5.10 Å². The topological polar surface area (TPSA) is 58.3 Å². The molecule has 1 rings (SSSR count). The van der Waals surface area contributed by atoms with Crippen LogP contribution >= 0.6 is 11.8 Å². The standard InChI is InChI=1S/C9H16N2O2S/c1-11-5-8(4-10-11)2-3-14-7-9(13)6-12/h4-5,9,12-13H,2-3,6-7H2,1H3. The predicted molar refractivity (Wildman–Crippen MR) is 57.3 cm³/mol. The summed E-state index contributed by atoms with van der Waals surface area (Å²) in [7, 11) is 1.89. The number of hydrogen-bond donors (Lipinski definition) is 2. The van der Waals surface area contributed by atoms with Crippen molar-refractivity contribution in [1.82, 2.24) is 9.78 Å². The summed E-state index contributed by atoms with van der Waals surface area (Å²) in [5.74, 6) is 1.54. The normalized spacial score (nSPS) is 13.1. The molecule has 2 N–H and O–H groups in total. The smallest absolute Gasteiger partial charge is 0.0861 e. The second-order valence-electron chi connectivity index (χ2n) is 3.18. The molecule has 0 spiro atoms. The van der Waals surface area contributed by atoms with Crippen LogP contribution in [0.25, 0.3) is 0 Å². The molecule has 0 aromatic carbocycles. The van der Waals surface area contributed by atoms with Gasteiger partial charge in [0.2, 0.25) is 0 Å². The van der Waals surface area contributed by atoms with E-state index >= 15 is 0 Å². The third kappa shape index (κ3) is 4.13. The van der Waals surface area contributed by atoms with Crippen LogP contribution in [-0.4, -0.2) is 44.2 Å². The first-order valence-electron chi connectivity index (χ1n) is 4.56. The number of thioether (sulfide) groups is 1. The maximum absolute atomic E-state index is 9.07. The highest BCUT2D eigenvalue weighted by atomic mass is 32.2. The Balaban J connectivity index is 2.10. The summed E-state index contributed by atoms with van der Waals surface area (Å²) in [4.78, 5) is 0. The Kier molecular flexibility index (Phi) is 5.00. The summed E-state index contributed by atoms with van der Waals surface area (Å²) in [5, 5.41) is 21.7. The lowest BCUT2D eigenvalue weighted by Gasteiger charge is -2.05. The van der Waals surface area contributed by atoms with Crippen molar-refractivity contribution in [2.24, 2.45) is 7.05 Å². The molecule has 0 aliphatic heterocycles. The second kappa shape index (κ2) is 6.06. The van der Waals surface area contributed by atoms with Gasteiger partial charge in [0.25, 0.3) is 0 Å². The molecule has 14 heavy (non-hydrogen) atoms. The summed E-state index contributed by atoms with van der Waals surface area (Å²) in [6, 6.07) is 0. The van der Waals surface area contributed by atoms with Crippen molar-refractivity contribution in [3.63, 3.8) is 0 Å². The van der Waals surface area contributed by atoms with Crippen molar-refractivity contribution < 1.29 is 10.2 Å². The minimum Gasteiger partial charge on any atom is -0.394 e. The molecular weight excluding hydrogens is 200 g/mol. The molecule has 0 aliphatic rings. The summed E-state index contributed by atoms with van der Waals surface area (Å²) >= 11 is 1.64. The molecule has 1 heterocycles. The van der Waals surface area contributed by atoms with Crippen LogP contribution in [0, 0.1) is 0 Å². The Hall–Kier alpha value is -0.520. The minimum absolute atomic E-state index is 0.153. The average molecular weight is 216 g/mol. The lowest BCUT2D eigenvalue weighted by Crippen LogP contribution is -2.15. The lowest BCUT2D eigenvalue weighted by atomic mass is 10.3. The molecule has 0 fully saturated rings. The Morgan fingerprint density at radius 2 is 2.43 bits per heavy atom. The molecule has 5 heteroatoms. The van der Waals surface area contributed by atoms with Crippen LogP contribution in [-0.2, 0) is 13.5 Å². The van der Waals surface area contributed by atoms with Crippen molar-refractivity contribution in [2.75, 3.05) is 18.1 Å². The first kappa shape index (κ1) is 11.6. The number of nitrogens with zero attached hydrogens (tertiary/aromatic N) is 2. The molecule has 1 atom stereocenters. The zero-order valence-corrected chi connectivity index (χ0v) is 9.07.